The van der Waals surface area contributed by atoms with Gasteiger partial charge in [-0.15, -0.1) is 0 Å². The smallest absolute Gasteiger partial charge is 0.390 e. The van der Waals surface area contributed by atoms with Crippen molar-refractivity contribution in [1.29, 1.82) is 0 Å². The van der Waals surface area contributed by atoms with Gasteiger partial charge in [-0.05, 0) is 36.8 Å². The third kappa shape index (κ3) is 7.09. The van der Waals surface area contributed by atoms with E-state index in [1.165, 1.54) is 12.3 Å². The first-order chi connectivity index (χ1) is 16.6. The highest BCUT2D eigenvalue weighted by atomic mass is 19.4. The number of carbonyl (C=O) groups is 1. The Morgan fingerprint density at radius 3 is 2.46 bits per heavy atom. The molecule has 3 heterocycles. The zero-order valence-electron chi connectivity index (χ0n) is 19.9. The van der Waals surface area contributed by atoms with Gasteiger partial charge in [0.05, 0.1) is 19.1 Å². The van der Waals surface area contributed by atoms with E-state index in [-0.39, 0.29) is 17.9 Å². The lowest BCUT2D eigenvalue weighted by atomic mass is 10.0. The maximum Gasteiger partial charge on any atom is 0.390 e. The molecule has 1 aliphatic rings. The first-order valence-corrected chi connectivity index (χ1v) is 11.2. The van der Waals surface area contributed by atoms with Crippen molar-refractivity contribution in [3.05, 3.63) is 53.3 Å². The number of pyridine rings is 1. The van der Waals surface area contributed by atoms with Gasteiger partial charge in [-0.25, -0.2) is 4.98 Å². The number of nitrogens with two attached hydrogens (primary N) is 2. The fourth-order valence-corrected chi connectivity index (χ4v) is 4.09. The number of piperazine rings is 1. The molecule has 0 unspecified atom stereocenters. The zero-order chi connectivity index (χ0) is 25.6. The molecule has 35 heavy (non-hydrogen) atoms. The third-order valence-corrected chi connectivity index (χ3v) is 5.99. The number of hydrogen-bond acceptors (Lipinski definition) is 6. The number of alkyl halides is 3. The molecular formula is C24H31F3N6O2. The number of hydrogen-bond donors (Lipinski definition) is 3. The van der Waals surface area contributed by atoms with Crippen molar-refractivity contribution < 1.29 is 22.7 Å². The number of amides is 1. The lowest BCUT2D eigenvalue weighted by molar-refractivity contribution is -0.138. The molecule has 0 saturated carbocycles. The molecule has 1 saturated heterocycles. The van der Waals surface area contributed by atoms with Crippen molar-refractivity contribution in [2.45, 2.75) is 26.1 Å². The summed E-state index contributed by atoms with van der Waals surface area (Å²) >= 11 is 0. The van der Waals surface area contributed by atoms with Crippen LogP contribution in [0.3, 0.4) is 0 Å². The number of ether oxygens (including phenoxy) is 1. The number of nitrogens with one attached hydrogen (secondary N) is 1. The van der Waals surface area contributed by atoms with Crippen molar-refractivity contribution in [2.75, 3.05) is 45.6 Å². The largest absolute Gasteiger partial charge is 0.496 e. The van der Waals surface area contributed by atoms with Crippen LogP contribution in [0, 0.1) is 6.92 Å². The Hall–Kier alpha value is -3.31. The highest BCUT2D eigenvalue weighted by Crippen LogP contribution is 2.31. The molecular weight excluding hydrogens is 461 g/mol. The zero-order valence-corrected chi connectivity index (χ0v) is 19.9. The number of methoxy groups -OCH3 is 1. The molecule has 1 aromatic carbocycles. The third-order valence-electron chi connectivity index (χ3n) is 5.99. The van der Waals surface area contributed by atoms with Crippen molar-refractivity contribution in [3.63, 3.8) is 0 Å². The highest BCUT2D eigenvalue weighted by molar-refractivity contribution is 5.96. The predicted octanol–water partition coefficient (Wildman–Crippen LogP) is 3.32. The van der Waals surface area contributed by atoms with Crippen LogP contribution in [0.5, 0.6) is 5.75 Å². The molecule has 0 aliphatic carbocycles. The minimum absolute atomic E-state index is 0.0905. The number of aromatic amines is 1. The van der Waals surface area contributed by atoms with Crippen LogP contribution in [0.25, 0.3) is 10.9 Å². The fraction of sp³-hybridized carbons (Fsp3) is 0.417. The molecule has 4 rings (SSSR count). The number of aryl methyl sites for hydroxylation is 1. The van der Waals surface area contributed by atoms with E-state index in [0.717, 1.165) is 47.4 Å². The van der Waals surface area contributed by atoms with Crippen LogP contribution in [0.2, 0.25) is 0 Å². The molecule has 8 nitrogen and oxygen atoms in total. The normalized spacial score (nSPS) is 15.0. The van der Waals surface area contributed by atoms with Gasteiger partial charge >= 0.3 is 6.18 Å². The number of halogens is 3. The Morgan fingerprint density at radius 1 is 1.20 bits per heavy atom. The number of nitrogen functional groups attached to an aromatic ring is 1. The summed E-state index contributed by atoms with van der Waals surface area (Å²) in [4.78, 5) is 21.6. The number of anilines is 1. The highest BCUT2D eigenvalue weighted by Gasteiger charge is 2.29. The maximum absolute atomic E-state index is 12.4. The number of nitrogens with zero attached hydrogens (tertiary/aromatic N) is 3. The number of fused-ring (bicyclic) bond motifs is 1. The van der Waals surface area contributed by atoms with E-state index < -0.39 is 18.5 Å². The summed E-state index contributed by atoms with van der Waals surface area (Å²) in [6.45, 7) is 5.74. The van der Waals surface area contributed by atoms with E-state index in [4.69, 9.17) is 16.2 Å². The van der Waals surface area contributed by atoms with Crippen LogP contribution in [0.1, 0.15) is 27.9 Å². The Bertz CT molecular complexity index is 1140. The van der Waals surface area contributed by atoms with Gasteiger partial charge in [0, 0.05) is 68.1 Å². The summed E-state index contributed by atoms with van der Waals surface area (Å²) in [5.41, 5.74) is 13.9. The van der Waals surface area contributed by atoms with E-state index in [1.807, 2.05) is 24.1 Å². The van der Waals surface area contributed by atoms with Gasteiger partial charge in [-0.2, -0.15) is 13.2 Å². The van der Waals surface area contributed by atoms with Gasteiger partial charge in [0.2, 0.25) is 0 Å². The number of primary amides is 1. The predicted molar refractivity (Wildman–Crippen MR) is 129 cm³/mol. The second-order valence-corrected chi connectivity index (χ2v) is 8.42. The van der Waals surface area contributed by atoms with Crippen LogP contribution >= 0.6 is 0 Å². The van der Waals surface area contributed by atoms with Crippen LogP contribution in [0.4, 0.5) is 19.0 Å². The second-order valence-electron chi connectivity index (χ2n) is 8.42. The van der Waals surface area contributed by atoms with E-state index in [9.17, 15) is 18.0 Å². The first-order valence-electron chi connectivity index (χ1n) is 11.2. The first kappa shape index (κ1) is 26.3. The Labute approximate surface area is 202 Å². The Balaban J connectivity index is 0.000000287. The van der Waals surface area contributed by atoms with Crippen LogP contribution in [0.15, 0.2) is 36.7 Å². The molecule has 11 heteroatoms. The molecule has 5 N–H and O–H groups in total. The summed E-state index contributed by atoms with van der Waals surface area (Å²) in [7, 11) is 1.67. The van der Waals surface area contributed by atoms with Gasteiger partial charge < -0.3 is 26.1 Å². The van der Waals surface area contributed by atoms with E-state index in [1.54, 1.807) is 13.2 Å². The van der Waals surface area contributed by atoms with Crippen molar-refractivity contribution in [3.8, 4) is 5.75 Å². The SMILES string of the molecule is COc1cc(C)c2[nH]ccc2c1CN1CCN(CCC(F)(F)F)CC1.NC(=O)c1cccnc1N. The van der Waals surface area contributed by atoms with Crippen molar-refractivity contribution >= 4 is 22.6 Å². The number of aromatic nitrogens is 2. The van der Waals surface area contributed by atoms with Gasteiger partial charge in [-0.3, -0.25) is 9.69 Å². The standard InChI is InChI=1S/C18H24F3N3O.C6H7N3O/c1-13-11-16(25-2)15(14-3-5-22-17(13)14)12-24-9-7-23(8-10-24)6-4-18(19,20)21;7-5-4(6(8)10)2-1-3-9-5/h3,5,11,22H,4,6-10,12H2,1-2H3;1-3H,(H2,7,9)(H2,8,10). The van der Waals surface area contributed by atoms with E-state index >= 15 is 0 Å². The average molecular weight is 493 g/mol. The monoisotopic (exact) mass is 492 g/mol. The number of carbonyl (C=O) groups excluding carboxylic acids is 1. The molecule has 1 fully saturated rings. The number of rotatable bonds is 6. The van der Waals surface area contributed by atoms with Crippen molar-refractivity contribution in [2.24, 2.45) is 5.73 Å². The number of H-pyrrole nitrogens is 1. The van der Waals surface area contributed by atoms with Gasteiger partial charge in [-0.1, -0.05) is 0 Å². The maximum atomic E-state index is 12.4. The van der Waals surface area contributed by atoms with Crippen LogP contribution in [-0.4, -0.2) is 71.7 Å². The molecule has 3 aromatic rings. The molecule has 0 spiro atoms. The molecule has 1 aliphatic heterocycles. The molecule has 1 amide bonds. The van der Waals surface area contributed by atoms with E-state index in [0.29, 0.717) is 13.1 Å². The summed E-state index contributed by atoms with van der Waals surface area (Å²) < 4.78 is 42.6. The van der Waals surface area contributed by atoms with Gasteiger partial charge in [0.15, 0.2) is 0 Å². The van der Waals surface area contributed by atoms with Gasteiger partial charge in [0.25, 0.3) is 5.91 Å². The molecule has 0 radical (unpaired) electrons. The number of benzene rings is 1. The second kappa shape index (κ2) is 11.4. The molecule has 0 atom stereocenters. The summed E-state index contributed by atoms with van der Waals surface area (Å²) in [6.07, 6.45) is -1.38. The summed E-state index contributed by atoms with van der Waals surface area (Å²) in [5, 5.41) is 1.15. The van der Waals surface area contributed by atoms with Crippen molar-refractivity contribution in [1.82, 2.24) is 19.8 Å². The Kier molecular flexibility index (Phi) is 8.57. The van der Waals surface area contributed by atoms with E-state index in [2.05, 4.69) is 20.9 Å². The van der Waals surface area contributed by atoms with Crippen LogP contribution in [-0.2, 0) is 6.54 Å². The lowest BCUT2D eigenvalue weighted by Gasteiger charge is -2.35. The average Bonchev–Trinajstić information content (AvgIpc) is 3.31. The lowest BCUT2D eigenvalue weighted by Crippen LogP contribution is -2.46. The molecule has 0 bridgehead atoms. The topological polar surface area (TPSA) is 114 Å². The fourth-order valence-electron chi connectivity index (χ4n) is 4.09. The minimum atomic E-state index is -4.08. The minimum Gasteiger partial charge on any atom is -0.496 e. The summed E-state index contributed by atoms with van der Waals surface area (Å²) in [5.74, 6) is 0.490. The molecule has 2 aromatic heterocycles. The Morgan fingerprint density at radius 2 is 1.89 bits per heavy atom. The molecule has 190 valence electrons. The summed E-state index contributed by atoms with van der Waals surface area (Å²) in [6, 6.07) is 7.23. The van der Waals surface area contributed by atoms with Crippen LogP contribution < -0.4 is 16.2 Å². The van der Waals surface area contributed by atoms with Gasteiger partial charge in [0.1, 0.15) is 11.6 Å². The quantitative estimate of drug-likeness (QED) is 0.487.